The second kappa shape index (κ2) is 13.5. The van der Waals surface area contributed by atoms with E-state index in [0.29, 0.717) is 19.2 Å². The van der Waals surface area contributed by atoms with Crippen LogP contribution in [0.2, 0.25) is 0 Å². The first kappa shape index (κ1) is 27.0. The molecule has 2 aromatic carbocycles. The standard InChI is InChI=1S/C27H38N2O3.ClH/c1-5-29(6-2)24-13-8-21(9-14-24)27(30)28-19-23-18-22(12-17-26(23)32-7-3)20-10-15-25(31-4)16-11-20;/h10-12,15-18,21,24H,5-9,13-14,19H2,1-4H3,(H,28,30);1H. The van der Waals surface area contributed by atoms with Crippen LogP contribution in [-0.2, 0) is 11.3 Å². The molecule has 0 aromatic heterocycles. The third-order valence-corrected chi connectivity index (χ3v) is 6.63. The van der Waals surface area contributed by atoms with Crippen molar-refractivity contribution in [2.75, 3.05) is 26.8 Å². The highest BCUT2D eigenvalue weighted by Gasteiger charge is 2.28. The number of nitrogens with zero attached hydrogens (tertiary/aromatic N) is 1. The number of hydrogen-bond donors (Lipinski definition) is 1. The summed E-state index contributed by atoms with van der Waals surface area (Å²) < 4.78 is 11.1. The van der Waals surface area contributed by atoms with Crippen LogP contribution in [0.4, 0.5) is 0 Å². The molecule has 1 aliphatic rings. The van der Waals surface area contributed by atoms with Crippen LogP contribution in [0.3, 0.4) is 0 Å². The van der Waals surface area contributed by atoms with Gasteiger partial charge in [-0.15, -0.1) is 12.4 Å². The van der Waals surface area contributed by atoms with Crippen molar-refractivity contribution in [2.24, 2.45) is 5.92 Å². The van der Waals surface area contributed by atoms with E-state index in [2.05, 4.69) is 36.2 Å². The van der Waals surface area contributed by atoms with Crippen molar-refractivity contribution in [3.63, 3.8) is 0 Å². The van der Waals surface area contributed by atoms with E-state index >= 15 is 0 Å². The lowest BCUT2D eigenvalue weighted by Crippen LogP contribution is -2.40. The summed E-state index contributed by atoms with van der Waals surface area (Å²) in [6, 6.07) is 14.8. The fraction of sp³-hybridized carbons (Fsp3) is 0.519. The summed E-state index contributed by atoms with van der Waals surface area (Å²) in [4.78, 5) is 15.4. The minimum atomic E-state index is 0. The van der Waals surface area contributed by atoms with Crippen LogP contribution in [0.15, 0.2) is 42.5 Å². The molecule has 5 nitrogen and oxygen atoms in total. The van der Waals surface area contributed by atoms with E-state index < -0.39 is 0 Å². The van der Waals surface area contributed by atoms with Gasteiger partial charge in [-0.25, -0.2) is 0 Å². The van der Waals surface area contributed by atoms with Crippen LogP contribution in [0.5, 0.6) is 11.5 Å². The molecule has 6 heteroatoms. The van der Waals surface area contributed by atoms with Crippen LogP contribution < -0.4 is 14.8 Å². The van der Waals surface area contributed by atoms with Crippen molar-refractivity contribution < 1.29 is 14.3 Å². The van der Waals surface area contributed by atoms with Crippen molar-refractivity contribution in [3.05, 3.63) is 48.0 Å². The van der Waals surface area contributed by atoms with Crippen molar-refractivity contribution in [3.8, 4) is 22.6 Å². The topological polar surface area (TPSA) is 50.8 Å². The van der Waals surface area contributed by atoms with Gasteiger partial charge < -0.3 is 19.7 Å². The van der Waals surface area contributed by atoms with Gasteiger partial charge in [0.1, 0.15) is 11.5 Å². The Hall–Kier alpha value is -2.24. The average Bonchev–Trinajstić information content (AvgIpc) is 2.84. The van der Waals surface area contributed by atoms with Gasteiger partial charge in [0.2, 0.25) is 5.91 Å². The number of nitrogens with one attached hydrogen (secondary N) is 1. The van der Waals surface area contributed by atoms with E-state index in [9.17, 15) is 4.79 Å². The molecule has 0 atom stereocenters. The maximum Gasteiger partial charge on any atom is 0.223 e. The number of carbonyl (C=O) groups excluding carboxylic acids is 1. The molecule has 0 aliphatic heterocycles. The highest BCUT2D eigenvalue weighted by atomic mass is 35.5. The summed E-state index contributed by atoms with van der Waals surface area (Å²) in [5, 5.41) is 3.18. The Bertz CT molecular complexity index is 860. The van der Waals surface area contributed by atoms with E-state index in [1.807, 2.05) is 37.3 Å². The molecule has 1 saturated carbocycles. The lowest BCUT2D eigenvalue weighted by Gasteiger charge is -2.35. The summed E-state index contributed by atoms with van der Waals surface area (Å²) in [6.45, 7) is 9.67. The van der Waals surface area contributed by atoms with Crippen LogP contribution in [0, 0.1) is 5.92 Å². The number of ether oxygens (including phenoxy) is 2. The summed E-state index contributed by atoms with van der Waals surface area (Å²) in [5.74, 6) is 1.95. The molecule has 2 aromatic rings. The highest BCUT2D eigenvalue weighted by Crippen LogP contribution is 2.30. The molecular formula is C27H39ClN2O3. The highest BCUT2D eigenvalue weighted by molar-refractivity contribution is 5.85. The zero-order chi connectivity index (χ0) is 22.9. The fourth-order valence-corrected chi connectivity index (χ4v) is 4.75. The molecule has 0 heterocycles. The van der Waals surface area contributed by atoms with Gasteiger partial charge in [-0.2, -0.15) is 0 Å². The number of carbonyl (C=O) groups is 1. The third kappa shape index (κ3) is 7.12. The van der Waals surface area contributed by atoms with Crippen molar-refractivity contribution in [1.82, 2.24) is 10.2 Å². The Morgan fingerprint density at radius 1 is 0.970 bits per heavy atom. The number of halogens is 1. The number of rotatable bonds is 10. The molecule has 1 amide bonds. The van der Waals surface area contributed by atoms with Gasteiger partial charge in [0.25, 0.3) is 0 Å². The Kier molecular flexibility index (Phi) is 11.0. The number of benzene rings is 2. The van der Waals surface area contributed by atoms with Crippen molar-refractivity contribution in [1.29, 1.82) is 0 Å². The minimum Gasteiger partial charge on any atom is -0.497 e. The molecule has 1 fully saturated rings. The molecule has 3 rings (SSSR count). The minimum absolute atomic E-state index is 0. The molecule has 1 aliphatic carbocycles. The van der Waals surface area contributed by atoms with E-state index in [0.717, 1.165) is 67.0 Å². The van der Waals surface area contributed by atoms with Gasteiger partial charge in [0.15, 0.2) is 0 Å². The quantitative estimate of drug-likeness (QED) is 0.480. The van der Waals surface area contributed by atoms with Crippen LogP contribution in [0.1, 0.15) is 52.0 Å². The predicted octanol–water partition coefficient (Wildman–Crippen LogP) is 5.70. The molecule has 0 saturated heterocycles. The monoisotopic (exact) mass is 474 g/mol. The van der Waals surface area contributed by atoms with E-state index in [1.54, 1.807) is 7.11 Å². The molecule has 0 spiro atoms. The SMILES string of the molecule is CCOc1ccc(-c2ccc(OC)cc2)cc1CNC(=O)C1CCC(N(CC)CC)CC1.Cl. The second-order valence-electron chi connectivity index (χ2n) is 8.43. The molecule has 0 unspecified atom stereocenters. The summed E-state index contributed by atoms with van der Waals surface area (Å²) in [5.41, 5.74) is 3.21. The molecular weight excluding hydrogens is 436 g/mol. The summed E-state index contributed by atoms with van der Waals surface area (Å²) >= 11 is 0. The zero-order valence-corrected chi connectivity index (χ0v) is 21.2. The number of methoxy groups -OCH3 is 1. The smallest absolute Gasteiger partial charge is 0.223 e. The Morgan fingerprint density at radius 2 is 1.61 bits per heavy atom. The third-order valence-electron chi connectivity index (χ3n) is 6.63. The van der Waals surface area contributed by atoms with Gasteiger partial charge in [-0.05, 0) is 81.1 Å². The van der Waals surface area contributed by atoms with Gasteiger partial charge in [0, 0.05) is 24.1 Å². The lowest BCUT2D eigenvalue weighted by atomic mass is 9.84. The van der Waals surface area contributed by atoms with Gasteiger partial charge in [-0.3, -0.25) is 4.79 Å². The first-order valence-electron chi connectivity index (χ1n) is 12.0. The molecule has 0 bridgehead atoms. The predicted molar refractivity (Wildman–Crippen MR) is 137 cm³/mol. The Labute approximate surface area is 205 Å². The number of hydrogen-bond acceptors (Lipinski definition) is 4. The van der Waals surface area contributed by atoms with Gasteiger partial charge >= 0.3 is 0 Å². The summed E-state index contributed by atoms with van der Waals surface area (Å²) in [6.07, 6.45) is 4.16. The Balaban J connectivity index is 0.00000385. The lowest BCUT2D eigenvalue weighted by molar-refractivity contribution is -0.126. The maximum absolute atomic E-state index is 12.9. The average molecular weight is 475 g/mol. The zero-order valence-electron chi connectivity index (χ0n) is 20.4. The van der Waals surface area contributed by atoms with E-state index in [-0.39, 0.29) is 24.2 Å². The molecule has 182 valence electrons. The fourth-order valence-electron chi connectivity index (χ4n) is 4.75. The first-order valence-corrected chi connectivity index (χ1v) is 12.0. The molecule has 1 N–H and O–H groups in total. The molecule has 0 radical (unpaired) electrons. The normalized spacial score (nSPS) is 17.8. The first-order chi connectivity index (χ1) is 15.6. The largest absolute Gasteiger partial charge is 0.497 e. The van der Waals surface area contributed by atoms with E-state index in [1.165, 1.54) is 0 Å². The van der Waals surface area contributed by atoms with Gasteiger partial charge in [0.05, 0.1) is 13.7 Å². The van der Waals surface area contributed by atoms with Crippen LogP contribution in [0.25, 0.3) is 11.1 Å². The Morgan fingerprint density at radius 3 is 2.18 bits per heavy atom. The van der Waals surface area contributed by atoms with Crippen molar-refractivity contribution in [2.45, 2.75) is 59.0 Å². The van der Waals surface area contributed by atoms with Crippen molar-refractivity contribution >= 4 is 18.3 Å². The maximum atomic E-state index is 12.9. The van der Waals surface area contributed by atoms with E-state index in [4.69, 9.17) is 9.47 Å². The van der Waals surface area contributed by atoms with Gasteiger partial charge in [-0.1, -0.05) is 32.0 Å². The molecule has 33 heavy (non-hydrogen) atoms. The number of amides is 1. The van der Waals surface area contributed by atoms with Crippen LogP contribution >= 0.6 is 12.4 Å². The van der Waals surface area contributed by atoms with Crippen LogP contribution in [-0.4, -0.2) is 43.7 Å². The summed E-state index contributed by atoms with van der Waals surface area (Å²) in [7, 11) is 1.67. The second-order valence-corrected chi connectivity index (χ2v) is 8.43.